The SMILES string of the molecule is CNC(=O)CCC/C=C\C[C@H]1C(=O)C[C@@H](O)[C@@H]1/C=C/[C@@H](O)COc1cccc(Cl)c1. The molecule has 0 spiro atoms. The topological polar surface area (TPSA) is 95.9 Å². The molecule has 1 aromatic carbocycles. The fourth-order valence-corrected chi connectivity index (χ4v) is 3.62. The van der Waals surface area contributed by atoms with Gasteiger partial charge in [0, 0.05) is 36.7 Å². The third kappa shape index (κ3) is 7.94. The van der Waals surface area contributed by atoms with Crippen molar-refractivity contribution in [3.05, 3.63) is 53.6 Å². The van der Waals surface area contributed by atoms with Gasteiger partial charge in [0.15, 0.2) is 0 Å². The number of amides is 1. The van der Waals surface area contributed by atoms with Crippen LogP contribution in [0.15, 0.2) is 48.6 Å². The number of hydrogen-bond acceptors (Lipinski definition) is 5. The zero-order chi connectivity index (χ0) is 21.9. The van der Waals surface area contributed by atoms with Gasteiger partial charge >= 0.3 is 0 Å². The van der Waals surface area contributed by atoms with Crippen LogP contribution >= 0.6 is 11.6 Å². The number of carbonyl (C=O) groups excluding carboxylic acids is 2. The number of ether oxygens (including phenoxy) is 1. The molecule has 0 bridgehead atoms. The van der Waals surface area contributed by atoms with Crippen molar-refractivity contribution in [3.63, 3.8) is 0 Å². The summed E-state index contributed by atoms with van der Waals surface area (Å²) in [4.78, 5) is 23.4. The number of Topliss-reactive ketones (excluding diaryl/α,β-unsaturated/α-hetero) is 1. The summed E-state index contributed by atoms with van der Waals surface area (Å²) < 4.78 is 5.51. The molecule has 3 N–H and O–H groups in total. The normalized spacial score (nSPS) is 22.7. The minimum absolute atomic E-state index is 0.0144. The molecule has 0 aliphatic heterocycles. The minimum Gasteiger partial charge on any atom is -0.491 e. The predicted molar refractivity (Wildman–Crippen MR) is 116 cm³/mol. The van der Waals surface area contributed by atoms with Crippen LogP contribution in [-0.4, -0.2) is 47.8 Å². The van der Waals surface area contributed by atoms with Gasteiger partial charge in [-0.2, -0.15) is 0 Å². The second-order valence-electron chi connectivity index (χ2n) is 7.41. The maximum Gasteiger partial charge on any atom is 0.219 e. The van der Waals surface area contributed by atoms with E-state index in [1.165, 1.54) is 0 Å². The number of ketones is 1. The van der Waals surface area contributed by atoms with Crippen LogP contribution in [0, 0.1) is 11.8 Å². The van der Waals surface area contributed by atoms with Gasteiger partial charge in [-0.15, -0.1) is 0 Å². The predicted octanol–water partition coefficient (Wildman–Crippen LogP) is 3.06. The van der Waals surface area contributed by atoms with Crippen LogP contribution < -0.4 is 10.1 Å². The Balaban J connectivity index is 1.82. The molecule has 1 aliphatic carbocycles. The van der Waals surface area contributed by atoms with E-state index in [-0.39, 0.29) is 36.6 Å². The van der Waals surface area contributed by atoms with Gasteiger partial charge in [0.05, 0.1) is 6.10 Å². The second kappa shape index (κ2) is 12.5. The molecule has 0 unspecified atom stereocenters. The highest BCUT2D eigenvalue weighted by atomic mass is 35.5. The first-order valence-corrected chi connectivity index (χ1v) is 10.6. The van der Waals surface area contributed by atoms with Gasteiger partial charge in [0.2, 0.25) is 5.91 Å². The van der Waals surface area contributed by atoms with Gasteiger partial charge in [0.25, 0.3) is 0 Å². The van der Waals surface area contributed by atoms with E-state index in [0.29, 0.717) is 23.6 Å². The summed E-state index contributed by atoms with van der Waals surface area (Å²) in [6.45, 7) is 0.0451. The Morgan fingerprint density at radius 2 is 2.20 bits per heavy atom. The first-order chi connectivity index (χ1) is 14.4. The maximum absolute atomic E-state index is 12.3. The Morgan fingerprint density at radius 3 is 2.93 bits per heavy atom. The Hall–Kier alpha value is -2.15. The Labute approximate surface area is 182 Å². The van der Waals surface area contributed by atoms with Gasteiger partial charge in [-0.1, -0.05) is 42.0 Å². The van der Waals surface area contributed by atoms with Gasteiger partial charge in [-0.3, -0.25) is 9.59 Å². The number of benzene rings is 1. The van der Waals surface area contributed by atoms with E-state index in [0.717, 1.165) is 12.8 Å². The smallest absolute Gasteiger partial charge is 0.219 e. The van der Waals surface area contributed by atoms with Crippen molar-refractivity contribution in [2.45, 2.75) is 44.3 Å². The number of rotatable bonds is 11. The zero-order valence-electron chi connectivity index (χ0n) is 17.2. The summed E-state index contributed by atoms with van der Waals surface area (Å²) >= 11 is 5.90. The van der Waals surface area contributed by atoms with Crippen molar-refractivity contribution in [3.8, 4) is 5.75 Å². The van der Waals surface area contributed by atoms with E-state index in [1.807, 2.05) is 12.2 Å². The molecule has 1 aromatic rings. The number of unbranched alkanes of at least 4 members (excludes halogenated alkanes) is 1. The highest BCUT2D eigenvalue weighted by Crippen LogP contribution is 2.33. The number of hydrogen-bond donors (Lipinski definition) is 3. The van der Waals surface area contributed by atoms with E-state index in [4.69, 9.17) is 16.3 Å². The Morgan fingerprint density at radius 1 is 1.40 bits per heavy atom. The van der Waals surface area contributed by atoms with Crippen LogP contribution in [0.1, 0.15) is 32.1 Å². The van der Waals surface area contributed by atoms with Crippen molar-refractivity contribution in [2.75, 3.05) is 13.7 Å². The summed E-state index contributed by atoms with van der Waals surface area (Å²) in [5, 5.41) is 23.5. The molecule has 4 atom stereocenters. The molecule has 0 aromatic heterocycles. The van der Waals surface area contributed by atoms with Crippen molar-refractivity contribution < 1.29 is 24.5 Å². The van der Waals surface area contributed by atoms with Crippen LogP contribution in [0.5, 0.6) is 5.75 Å². The number of allylic oxidation sites excluding steroid dienone is 2. The van der Waals surface area contributed by atoms with Crippen molar-refractivity contribution in [2.24, 2.45) is 11.8 Å². The molecule has 6 nitrogen and oxygen atoms in total. The summed E-state index contributed by atoms with van der Waals surface area (Å²) in [6, 6.07) is 6.91. The second-order valence-corrected chi connectivity index (χ2v) is 7.85. The van der Waals surface area contributed by atoms with Crippen molar-refractivity contribution in [1.82, 2.24) is 5.32 Å². The monoisotopic (exact) mass is 435 g/mol. The average Bonchev–Trinajstić information content (AvgIpc) is 2.99. The van der Waals surface area contributed by atoms with Crippen molar-refractivity contribution in [1.29, 1.82) is 0 Å². The fourth-order valence-electron chi connectivity index (χ4n) is 3.44. The molecule has 1 saturated carbocycles. The van der Waals surface area contributed by atoms with Crippen LogP contribution in [0.2, 0.25) is 5.02 Å². The lowest BCUT2D eigenvalue weighted by Gasteiger charge is -2.17. The lowest BCUT2D eigenvalue weighted by atomic mass is 9.90. The van der Waals surface area contributed by atoms with Gasteiger partial charge in [-0.05, 0) is 37.5 Å². The van der Waals surface area contributed by atoms with Gasteiger partial charge < -0.3 is 20.3 Å². The molecule has 1 amide bonds. The van der Waals surface area contributed by atoms with Gasteiger partial charge in [-0.25, -0.2) is 0 Å². The summed E-state index contributed by atoms with van der Waals surface area (Å²) in [7, 11) is 1.61. The lowest BCUT2D eigenvalue weighted by molar-refractivity contribution is -0.121. The molecule has 1 aliphatic rings. The van der Waals surface area contributed by atoms with E-state index in [9.17, 15) is 19.8 Å². The molecule has 2 rings (SSSR count). The lowest BCUT2D eigenvalue weighted by Crippen LogP contribution is -2.20. The molecular formula is C23H30ClNO5. The molecule has 30 heavy (non-hydrogen) atoms. The molecule has 1 fully saturated rings. The maximum atomic E-state index is 12.3. The molecule has 0 saturated heterocycles. The molecule has 0 heterocycles. The summed E-state index contributed by atoms with van der Waals surface area (Å²) in [5.41, 5.74) is 0. The number of aliphatic hydroxyl groups is 2. The number of halogens is 1. The third-order valence-electron chi connectivity index (χ3n) is 5.12. The highest BCUT2D eigenvalue weighted by molar-refractivity contribution is 6.30. The van der Waals surface area contributed by atoms with Crippen LogP contribution in [0.4, 0.5) is 0 Å². The minimum atomic E-state index is -0.868. The third-order valence-corrected chi connectivity index (χ3v) is 5.35. The number of nitrogens with one attached hydrogen (secondary N) is 1. The average molecular weight is 436 g/mol. The van der Waals surface area contributed by atoms with Crippen LogP contribution in [0.25, 0.3) is 0 Å². The molecule has 164 valence electrons. The van der Waals surface area contributed by atoms with Gasteiger partial charge in [0.1, 0.15) is 24.2 Å². The number of aliphatic hydroxyl groups excluding tert-OH is 2. The summed E-state index contributed by atoms with van der Waals surface area (Å²) in [6.07, 6.45) is 8.20. The van der Waals surface area contributed by atoms with E-state index < -0.39 is 12.2 Å². The van der Waals surface area contributed by atoms with E-state index in [2.05, 4.69) is 5.32 Å². The highest BCUT2D eigenvalue weighted by Gasteiger charge is 2.39. The van der Waals surface area contributed by atoms with Crippen LogP contribution in [-0.2, 0) is 9.59 Å². The quantitative estimate of drug-likeness (QED) is 0.366. The van der Waals surface area contributed by atoms with E-state index >= 15 is 0 Å². The first kappa shape index (κ1) is 24.1. The fraction of sp³-hybridized carbons (Fsp3) is 0.478. The Bertz CT molecular complexity index is 764. The molecule has 0 radical (unpaired) electrons. The van der Waals surface area contributed by atoms with E-state index in [1.54, 1.807) is 43.5 Å². The first-order valence-electron chi connectivity index (χ1n) is 10.2. The van der Waals surface area contributed by atoms with Crippen LogP contribution in [0.3, 0.4) is 0 Å². The zero-order valence-corrected chi connectivity index (χ0v) is 17.9. The standard InChI is InChI=1S/C23H30ClNO5/c1-25-23(29)10-5-3-2-4-9-19-20(22(28)14-21(19)27)12-11-17(26)15-30-18-8-6-7-16(24)13-18/h2,4,6-8,11-13,17,19-20,22,26,28H,3,5,9-10,14-15H2,1H3,(H,25,29)/b4-2-,12-11+/t17-,19-,20-,22-/m1/s1. The van der Waals surface area contributed by atoms with Crippen molar-refractivity contribution >= 4 is 23.3 Å². The molecule has 7 heteroatoms. The largest absolute Gasteiger partial charge is 0.491 e. The molecular weight excluding hydrogens is 406 g/mol. The number of carbonyl (C=O) groups is 2. The summed E-state index contributed by atoms with van der Waals surface area (Å²) in [5.74, 6) is -0.0517. The Kier molecular flexibility index (Phi) is 10.1.